The van der Waals surface area contributed by atoms with E-state index in [0.29, 0.717) is 6.54 Å². The third kappa shape index (κ3) is 3.10. The highest BCUT2D eigenvalue weighted by Gasteiger charge is 2.47. The van der Waals surface area contributed by atoms with Crippen LogP contribution in [0.3, 0.4) is 0 Å². The van der Waals surface area contributed by atoms with E-state index in [4.69, 9.17) is 5.11 Å². The van der Waals surface area contributed by atoms with Gasteiger partial charge in [0.2, 0.25) is 5.91 Å². The minimum Gasteiger partial charge on any atom is -0.395 e. The molecule has 2 rings (SSSR count). The zero-order valence-corrected chi connectivity index (χ0v) is 11.8. The molecular weight excluding hydrogens is 240 g/mol. The molecule has 0 radical (unpaired) electrons. The lowest BCUT2D eigenvalue weighted by Crippen LogP contribution is -2.50. The van der Waals surface area contributed by atoms with Crippen molar-refractivity contribution in [2.75, 3.05) is 39.3 Å². The van der Waals surface area contributed by atoms with Gasteiger partial charge in [0.25, 0.3) is 0 Å². The van der Waals surface area contributed by atoms with E-state index in [1.54, 1.807) is 0 Å². The Labute approximate surface area is 115 Å². The third-order valence-corrected chi connectivity index (χ3v) is 4.23. The first kappa shape index (κ1) is 14.4. The van der Waals surface area contributed by atoms with Crippen LogP contribution in [0.4, 0.5) is 0 Å². The topological polar surface area (TPSA) is 43.8 Å². The van der Waals surface area contributed by atoms with Crippen LogP contribution in [0.2, 0.25) is 0 Å². The first-order valence-corrected chi connectivity index (χ1v) is 7.30. The fraction of sp³-hybridized carbons (Fsp3) is 0.800. The van der Waals surface area contributed by atoms with Gasteiger partial charge in [-0.2, -0.15) is 0 Å². The summed E-state index contributed by atoms with van der Waals surface area (Å²) in [7, 11) is 0. The second-order valence-electron chi connectivity index (χ2n) is 5.57. The summed E-state index contributed by atoms with van der Waals surface area (Å²) in [6, 6.07) is 0. The molecule has 2 aliphatic rings. The predicted molar refractivity (Wildman–Crippen MR) is 74.5 cm³/mol. The van der Waals surface area contributed by atoms with Gasteiger partial charge in [0.05, 0.1) is 18.6 Å². The van der Waals surface area contributed by atoms with Crippen molar-refractivity contribution in [1.29, 1.82) is 0 Å². The third-order valence-electron chi connectivity index (χ3n) is 4.23. The number of carbonyl (C=O) groups excluding carboxylic acids is 1. The number of amides is 1. The van der Waals surface area contributed by atoms with E-state index in [1.807, 2.05) is 4.90 Å². The summed E-state index contributed by atoms with van der Waals surface area (Å²) in [5.41, 5.74) is -0.193. The van der Waals surface area contributed by atoms with E-state index in [9.17, 15) is 4.79 Å². The molecule has 0 bridgehead atoms. The van der Waals surface area contributed by atoms with Gasteiger partial charge < -0.3 is 10.0 Å². The van der Waals surface area contributed by atoms with Gasteiger partial charge in [-0.3, -0.25) is 9.69 Å². The molecule has 2 saturated heterocycles. The van der Waals surface area contributed by atoms with Gasteiger partial charge in [-0.05, 0) is 19.3 Å². The molecule has 19 heavy (non-hydrogen) atoms. The van der Waals surface area contributed by atoms with Crippen LogP contribution in [0, 0.1) is 17.3 Å². The zero-order chi connectivity index (χ0) is 13.7. The van der Waals surface area contributed by atoms with Crippen LogP contribution in [0.25, 0.3) is 0 Å². The molecule has 0 saturated carbocycles. The van der Waals surface area contributed by atoms with Gasteiger partial charge in [-0.15, -0.1) is 5.92 Å². The Bertz CT molecular complexity index is 383. The van der Waals surface area contributed by atoms with Gasteiger partial charge in [0.15, 0.2) is 0 Å². The maximum Gasteiger partial charge on any atom is 0.230 e. The quantitative estimate of drug-likeness (QED) is 0.763. The molecule has 2 aliphatic heterocycles. The van der Waals surface area contributed by atoms with E-state index in [2.05, 4.69) is 23.7 Å². The zero-order valence-electron chi connectivity index (χ0n) is 11.8. The molecule has 4 nitrogen and oxygen atoms in total. The lowest BCUT2D eigenvalue weighted by molar-refractivity contribution is -0.146. The van der Waals surface area contributed by atoms with Crippen LogP contribution >= 0.6 is 0 Å². The minimum absolute atomic E-state index is 0.0630. The number of nitrogens with zero attached hydrogens (tertiary/aromatic N) is 2. The largest absolute Gasteiger partial charge is 0.395 e. The number of piperidine rings is 1. The maximum atomic E-state index is 12.6. The summed E-state index contributed by atoms with van der Waals surface area (Å²) in [6.07, 6.45) is 3.88. The van der Waals surface area contributed by atoms with Crippen molar-refractivity contribution in [3.05, 3.63) is 0 Å². The molecule has 0 aromatic carbocycles. The molecule has 0 aromatic rings. The number of hydrogen-bond acceptors (Lipinski definition) is 3. The Balaban J connectivity index is 1.97. The molecule has 2 heterocycles. The lowest BCUT2D eigenvalue weighted by Gasteiger charge is -2.39. The van der Waals surface area contributed by atoms with Crippen molar-refractivity contribution in [2.45, 2.75) is 32.6 Å². The molecule has 1 spiro atoms. The van der Waals surface area contributed by atoms with Crippen LogP contribution in [-0.2, 0) is 4.79 Å². The molecule has 4 heteroatoms. The minimum atomic E-state index is -0.193. The van der Waals surface area contributed by atoms with Crippen molar-refractivity contribution >= 4 is 5.91 Å². The summed E-state index contributed by atoms with van der Waals surface area (Å²) in [6.45, 7) is 5.99. The van der Waals surface area contributed by atoms with Crippen molar-refractivity contribution in [3.8, 4) is 11.8 Å². The number of rotatable bonds is 3. The van der Waals surface area contributed by atoms with E-state index >= 15 is 0 Å². The summed E-state index contributed by atoms with van der Waals surface area (Å²) < 4.78 is 0. The molecule has 2 fully saturated rings. The average Bonchev–Trinajstić information content (AvgIpc) is 2.80. The standard InChI is InChI=1S/C15H24N2O2/c1-2-3-4-8-16-10-7-15(13-16)6-5-9-17(11-12-18)14(15)19/h18H,2,5-13H2,1H3. The number of aliphatic hydroxyl groups excluding tert-OH is 1. The van der Waals surface area contributed by atoms with Crippen molar-refractivity contribution < 1.29 is 9.90 Å². The molecule has 1 amide bonds. The fourth-order valence-electron chi connectivity index (χ4n) is 3.25. The van der Waals surface area contributed by atoms with Gasteiger partial charge in [-0.1, -0.05) is 12.8 Å². The molecule has 1 atom stereocenters. The Morgan fingerprint density at radius 3 is 2.89 bits per heavy atom. The van der Waals surface area contributed by atoms with Crippen LogP contribution < -0.4 is 0 Å². The highest BCUT2D eigenvalue weighted by molar-refractivity contribution is 5.84. The number of β-amino-alcohol motifs (C(OH)–C–C–N with tert-alkyl or cyclic N) is 1. The van der Waals surface area contributed by atoms with Crippen LogP contribution in [0.1, 0.15) is 32.6 Å². The Kier molecular flexibility index (Phi) is 4.84. The second-order valence-corrected chi connectivity index (χ2v) is 5.57. The van der Waals surface area contributed by atoms with E-state index < -0.39 is 0 Å². The van der Waals surface area contributed by atoms with Crippen LogP contribution in [0.15, 0.2) is 0 Å². The van der Waals surface area contributed by atoms with E-state index in [0.717, 1.165) is 51.9 Å². The SMILES string of the molecule is CCC#CCN1CCC2(CCCN(CCO)C2=O)C1. The highest BCUT2D eigenvalue weighted by atomic mass is 16.3. The normalized spacial score (nSPS) is 27.7. The molecule has 0 aromatic heterocycles. The van der Waals surface area contributed by atoms with E-state index in [1.165, 1.54) is 0 Å². The van der Waals surface area contributed by atoms with Crippen molar-refractivity contribution in [3.63, 3.8) is 0 Å². The number of likely N-dealkylation sites (tertiary alicyclic amines) is 2. The fourth-order valence-corrected chi connectivity index (χ4v) is 3.25. The first-order valence-electron chi connectivity index (χ1n) is 7.30. The summed E-state index contributed by atoms with van der Waals surface area (Å²) in [5.74, 6) is 6.50. The lowest BCUT2D eigenvalue weighted by atomic mass is 9.78. The van der Waals surface area contributed by atoms with Crippen LogP contribution in [0.5, 0.6) is 0 Å². The van der Waals surface area contributed by atoms with Crippen molar-refractivity contribution in [1.82, 2.24) is 9.80 Å². The number of carbonyl (C=O) groups is 1. The average molecular weight is 264 g/mol. The molecule has 0 aliphatic carbocycles. The summed E-state index contributed by atoms with van der Waals surface area (Å²) >= 11 is 0. The Morgan fingerprint density at radius 1 is 1.32 bits per heavy atom. The molecule has 1 N–H and O–H groups in total. The van der Waals surface area contributed by atoms with Gasteiger partial charge in [0, 0.05) is 32.6 Å². The first-order chi connectivity index (χ1) is 9.22. The monoisotopic (exact) mass is 264 g/mol. The van der Waals surface area contributed by atoms with E-state index in [-0.39, 0.29) is 17.9 Å². The summed E-state index contributed by atoms with van der Waals surface area (Å²) in [4.78, 5) is 16.7. The van der Waals surface area contributed by atoms with Gasteiger partial charge >= 0.3 is 0 Å². The van der Waals surface area contributed by atoms with Crippen LogP contribution in [-0.4, -0.2) is 60.1 Å². The van der Waals surface area contributed by atoms with Gasteiger partial charge in [-0.25, -0.2) is 0 Å². The molecular formula is C15H24N2O2. The summed E-state index contributed by atoms with van der Waals surface area (Å²) in [5, 5.41) is 9.04. The van der Waals surface area contributed by atoms with Gasteiger partial charge in [0.1, 0.15) is 0 Å². The second kappa shape index (κ2) is 6.40. The Morgan fingerprint density at radius 2 is 2.16 bits per heavy atom. The maximum absolute atomic E-state index is 12.6. The highest BCUT2D eigenvalue weighted by Crippen LogP contribution is 2.39. The predicted octanol–water partition coefficient (Wildman–Crippen LogP) is 0.707. The Hall–Kier alpha value is -1.05. The molecule has 106 valence electrons. The number of hydrogen-bond donors (Lipinski definition) is 1. The number of aliphatic hydroxyl groups is 1. The molecule has 1 unspecified atom stereocenters. The smallest absolute Gasteiger partial charge is 0.230 e. The van der Waals surface area contributed by atoms with Crippen molar-refractivity contribution in [2.24, 2.45) is 5.41 Å².